The fraction of sp³-hybridized carbons (Fsp3) is 0.333. The molecule has 188 valence electrons. The molecule has 0 N–H and O–H groups in total. The van der Waals surface area contributed by atoms with Crippen molar-refractivity contribution in [2.75, 3.05) is 13.2 Å². The van der Waals surface area contributed by atoms with Crippen LogP contribution in [0.1, 0.15) is 40.4 Å². The van der Waals surface area contributed by atoms with Gasteiger partial charge in [-0.25, -0.2) is 14.2 Å². The van der Waals surface area contributed by atoms with Gasteiger partial charge in [-0.3, -0.25) is 0 Å². The van der Waals surface area contributed by atoms with Crippen molar-refractivity contribution in [1.82, 2.24) is 4.98 Å². The Hall–Kier alpha value is -3.08. The normalized spacial score (nSPS) is 12.9. The molecular formula is C24H21F6NO3S. The second-order valence-corrected chi connectivity index (χ2v) is 8.63. The van der Waals surface area contributed by atoms with E-state index < -0.39 is 42.0 Å². The fourth-order valence-corrected chi connectivity index (χ4v) is 4.33. The molecule has 1 aromatic heterocycles. The predicted molar refractivity (Wildman–Crippen MR) is 118 cm³/mol. The lowest BCUT2D eigenvalue weighted by molar-refractivity contribution is -0.145. The van der Waals surface area contributed by atoms with Crippen molar-refractivity contribution in [3.05, 3.63) is 69.7 Å². The van der Waals surface area contributed by atoms with Crippen LogP contribution in [0.25, 0.3) is 10.6 Å². The number of hydrogen-bond donors (Lipinski definition) is 0. The third-order valence-corrected chi connectivity index (χ3v) is 6.29. The summed E-state index contributed by atoms with van der Waals surface area (Å²) in [6, 6.07) is 7.32. The monoisotopic (exact) mass is 517 g/mol. The molecule has 1 atom stereocenters. The van der Waals surface area contributed by atoms with Crippen LogP contribution >= 0.6 is 11.3 Å². The molecule has 0 aliphatic heterocycles. The van der Waals surface area contributed by atoms with Crippen molar-refractivity contribution in [1.29, 1.82) is 0 Å². The predicted octanol–water partition coefficient (Wildman–Crippen LogP) is 7.19. The maximum atomic E-state index is 15.2. The quantitative estimate of drug-likeness (QED) is 0.234. The Morgan fingerprint density at radius 1 is 1.03 bits per heavy atom. The van der Waals surface area contributed by atoms with E-state index in [-0.39, 0.29) is 39.1 Å². The van der Waals surface area contributed by atoms with Crippen LogP contribution < -0.4 is 4.74 Å². The number of aromatic nitrogens is 1. The van der Waals surface area contributed by atoms with Crippen LogP contribution in [-0.2, 0) is 21.6 Å². The summed E-state index contributed by atoms with van der Waals surface area (Å²) in [5.74, 6) is -4.37. The van der Waals surface area contributed by atoms with E-state index >= 15 is 13.2 Å². The highest BCUT2D eigenvalue weighted by Gasteiger charge is 2.45. The molecule has 4 nitrogen and oxygen atoms in total. The molecule has 0 radical (unpaired) electrons. The van der Waals surface area contributed by atoms with Crippen molar-refractivity contribution >= 4 is 17.3 Å². The zero-order valence-corrected chi connectivity index (χ0v) is 19.7. The fourth-order valence-electron chi connectivity index (χ4n) is 3.24. The Bertz CT molecular complexity index is 1190. The number of ether oxygens (including phenoxy) is 2. The van der Waals surface area contributed by atoms with Crippen molar-refractivity contribution in [3.8, 4) is 16.3 Å². The van der Waals surface area contributed by atoms with Gasteiger partial charge in [0.25, 0.3) is 0 Å². The van der Waals surface area contributed by atoms with E-state index in [1.165, 1.54) is 19.9 Å². The molecule has 3 aromatic rings. The smallest absolute Gasteiger partial charge is 0.416 e. The second kappa shape index (κ2) is 10.3. The number of rotatable bonds is 8. The second-order valence-electron chi connectivity index (χ2n) is 7.60. The van der Waals surface area contributed by atoms with Crippen LogP contribution in [0.15, 0.2) is 42.5 Å². The molecule has 1 heterocycles. The molecule has 0 fully saturated rings. The van der Waals surface area contributed by atoms with Crippen LogP contribution in [0.5, 0.6) is 5.75 Å². The maximum Gasteiger partial charge on any atom is 0.416 e. The number of thiazole rings is 1. The van der Waals surface area contributed by atoms with Gasteiger partial charge < -0.3 is 9.47 Å². The molecule has 0 aliphatic rings. The Labute approximate surface area is 201 Å². The highest BCUT2D eigenvalue weighted by Crippen LogP contribution is 2.47. The van der Waals surface area contributed by atoms with Crippen molar-refractivity contribution in [2.24, 2.45) is 0 Å². The third kappa shape index (κ3) is 5.95. The molecule has 0 spiro atoms. The lowest BCUT2D eigenvalue weighted by Gasteiger charge is -2.21. The Kier molecular flexibility index (Phi) is 7.78. The SMILES string of the molecule is CCOC(=O)COc1ccc(C(F)(F)C(F)c2sc(-c3ccc(C(F)(F)F)cc3)nc2C)cc1C. The Morgan fingerprint density at radius 3 is 2.23 bits per heavy atom. The van der Waals surface area contributed by atoms with Gasteiger partial charge in [-0.15, -0.1) is 11.3 Å². The minimum atomic E-state index is -4.52. The van der Waals surface area contributed by atoms with Crippen molar-refractivity contribution in [3.63, 3.8) is 0 Å². The van der Waals surface area contributed by atoms with Crippen LogP contribution in [-0.4, -0.2) is 24.2 Å². The topological polar surface area (TPSA) is 48.4 Å². The van der Waals surface area contributed by atoms with E-state index in [2.05, 4.69) is 4.98 Å². The minimum Gasteiger partial charge on any atom is -0.482 e. The van der Waals surface area contributed by atoms with E-state index in [1.54, 1.807) is 6.92 Å². The lowest BCUT2D eigenvalue weighted by atomic mass is 10.00. The maximum absolute atomic E-state index is 15.2. The Balaban J connectivity index is 1.82. The van der Waals surface area contributed by atoms with Gasteiger partial charge in [0.2, 0.25) is 6.17 Å². The van der Waals surface area contributed by atoms with Crippen LogP contribution in [0.3, 0.4) is 0 Å². The number of benzene rings is 2. The first-order valence-electron chi connectivity index (χ1n) is 10.4. The van der Waals surface area contributed by atoms with Gasteiger partial charge in [0, 0.05) is 11.1 Å². The van der Waals surface area contributed by atoms with E-state index in [1.807, 2.05) is 0 Å². The van der Waals surface area contributed by atoms with Gasteiger partial charge in [0.1, 0.15) is 10.8 Å². The minimum absolute atomic E-state index is 0.0168. The summed E-state index contributed by atoms with van der Waals surface area (Å²) in [6.45, 7) is 4.24. The van der Waals surface area contributed by atoms with E-state index in [4.69, 9.17) is 9.47 Å². The molecule has 1 unspecified atom stereocenters. The molecule has 0 amide bonds. The largest absolute Gasteiger partial charge is 0.482 e. The summed E-state index contributed by atoms with van der Waals surface area (Å²) in [5, 5.41) is 0.128. The summed E-state index contributed by atoms with van der Waals surface area (Å²) in [7, 11) is 0. The van der Waals surface area contributed by atoms with Crippen LogP contribution in [0.2, 0.25) is 0 Å². The highest BCUT2D eigenvalue weighted by molar-refractivity contribution is 7.15. The van der Waals surface area contributed by atoms with E-state index in [0.717, 1.165) is 36.4 Å². The number of hydrogen-bond acceptors (Lipinski definition) is 5. The molecule has 0 saturated heterocycles. The number of halogens is 6. The number of aryl methyl sites for hydroxylation is 2. The van der Waals surface area contributed by atoms with Crippen molar-refractivity contribution < 1.29 is 40.6 Å². The lowest BCUT2D eigenvalue weighted by Crippen LogP contribution is -2.21. The van der Waals surface area contributed by atoms with Crippen LogP contribution in [0, 0.1) is 13.8 Å². The van der Waals surface area contributed by atoms with Gasteiger partial charge in [-0.05, 0) is 56.7 Å². The highest BCUT2D eigenvalue weighted by atomic mass is 32.1. The average Bonchev–Trinajstić information content (AvgIpc) is 3.18. The Morgan fingerprint density at radius 2 is 1.66 bits per heavy atom. The first-order valence-corrected chi connectivity index (χ1v) is 11.2. The molecule has 0 bridgehead atoms. The molecular weight excluding hydrogens is 496 g/mol. The summed E-state index contributed by atoms with van der Waals surface area (Å²) in [5.41, 5.74) is -0.926. The number of nitrogens with zero attached hydrogens (tertiary/aromatic N) is 1. The number of alkyl halides is 6. The standard InChI is InChI=1S/C24H21F6NO3S/c1-4-33-19(32)12-34-18-10-9-17(11-13(18)2)23(26,27)21(25)20-14(3)31-22(35-20)15-5-7-16(8-6-15)24(28,29)30/h5-11,21H,4,12H2,1-3H3. The van der Waals surface area contributed by atoms with Gasteiger partial charge >= 0.3 is 18.1 Å². The molecule has 35 heavy (non-hydrogen) atoms. The van der Waals surface area contributed by atoms with Gasteiger partial charge in [-0.1, -0.05) is 12.1 Å². The average molecular weight is 517 g/mol. The summed E-state index contributed by atoms with van der Waals surface area (Å²) in [4.78, 5) is 15.2. The van der Waals surface area contributed by atoms with Gasteiger partial charge in [0.05, 0.1) is 22.7 Å². The van der Waals surface area contributed by atoms with E-state index in [9.17, 15) is 18.0 Å². The zero-order chi connectivity index (χ0) is 26.0. The third-order valence-electron chi connectivity index (χ3n) is 5.05. The molecule has 2 aromatic carbocycles. The number of carbonyl (C=O) groups excluding carboxylic acids is 1. The molecule has 0 saturated carbocycles. The number of carbonyl (C=O) groups is 1. The van der Waals surface area contributed by atoms with Gasteiger partial charge in [0.15, 0.2) is 6.61 Å². The summed E-state index contributed by atoms with van der Waals surface area (Å²) >= 11 is 0.655. The molecule has 11 heteroatoms. The number of esters is 1. The first kappa shape index (κ1) is 26.5. The zero-order valence-electron chi connectivity index (χ0n) is 18.9. The van der Waals surface area contributed by atoms with E-state index in [0.29, 0.717) is 11.3 Å². The molecule has 3 rings (SSSR count). The summed E-state index contributed by atoms with van der Waals surface area (Å²) < 4.78 is 93.7. The van der Waals surface area contributed by atoms with Crippen molar-refractivity contribution in [2.45, 2.75) is 39.0 Å². The van der Waals surface area contributed by atoms with Gasteiger partial charge in [-0.2, -0.15) is 22.0 Å². The summed E-state index contributed by atoms with van der Waals surface area (Å²) in [6.07, 6.45) is -7.26. The van der Waals surface area contributed by atoms with Crippen LogP contribution in [0.4, 0.5) is 26.3 Å². The molecule has 0 aliphatic carbocycles. The first-order chi connectivity index (χ1) is 16.3.